The molecule has 2 aliphatic heterocycles. The second-order valence-electron chi connectivity index (χ2n) is 3.97. The fourth-order valence-corrected chi connectivity index (χ4v) is 2.80. The molecule has 2 fully saturated rings. The lowest BCUT2D eigenvalue weighted by Crippen LogP contribution is -2.48. The number of aliphatic hydroxyl groups is 1. The third-order valence-corrected chi connectivity index (χ3v) is 3.40. The number of piperidine rings is 1. The maximum Gasteiger partial charge on any atom is 0.232 e. The zero-order valence-electron chi connectivity index (χ0n) is 7.52. The summed E-state index contributed by atoms with van der Waals surface area (Å²) in [5, 5.41) is 9.51. The standard InChI is InChI=1S/C9H15NO2S/c11-8-3-6-1-2-7(4-8)10(6)9(12)5-13/h6-8,11,13H,1-5H2. The summed E-state index contributed by atoms with van der Waals surface area (Å²) >= 11 is 4.00. The van der Waals surface area contributed by atoms with Gasteiger partial charge in [0.25, 0.3) is 0 Å². The van der Waals surface area contributed by atoms with E-state index in [1.54, 1.807) is 0 Å². The SMILES string of the molecule is O=C(CS)N1C2CCC1CC(O)C2. The van der Waals surface area contributed by atoms with E-state index in [2.05, 4.69) is 12.6 Å². The van der Waals surface area contributed by atoms with Gasteiger partial charge >= 0.3 is 0 Å². The molecule has 0 saturated carbocycles. The van der Waals surface area contributed by atoms with Gasteiger partial charge in [-0.1, -0.05) is 0 Å². The zero-order valence-corrected chi connectivity index (χ0v) is 8.41. The van der Waals surface area contributed by atoms with E-state index in [9.17, 15) is 9.90 Å². The van der Waals surface area contributed by atoms with Crippen LogP contribution >= 0.6 is 12.6 Å². The van der Waals surface area contributed by atoms with Gasteiger partial charge < -0.3 is 10.0 Å². The summed E-state index contributed by atoms with van der Waals surface area (Å²) in [6.07, 6.45) is 3.44. The molecule has 2 atom stereocenters. The van der Waals surface area contributed by atoms with Crippen LogP contribution in [0.15, 0.2) is 0 Å². The highest BCUT2D eigenvalue weighted by atomic mass is 32.1. The van der Waals surface area contributed by atoms with Gasteiger partial charge in [0.1, 0.15) is 0 Å². The van der Waals surface area contributed by atoms with Crippen LogP contribution in [0.2, 0.25) is 0 Å². The molecular formula is C9H15NO2S. The number of carbonyl (C=O) groups excluding carboxylic acids is 1. The minimum absolute atomic E-state index is 0.128. The predicted molar refractivity (Wildman–Crippen MR) is 52.7 cm³/mol. The van der Waals surface area contributed by atoms with Gasteiger partial charge in [0.15, 0.2) is 0 Å². The molecule has 0 aromatic carbocycles. The number of nitrogens with zero attached hydrogens (tertiary/aromatic N) is 1. The summed E-state index contributed by atoms with van der Waals surface area (Å²) in [4.78, 5) is 13.4. The van der Waals surface area contributed by atoms with Gasteiger partial charge in [-0.25, -0.2) is 0 Å². The van der Waals surface area contributed by atoms with Crippen LogP contribution in [0.4, 0.5) is 0 Å². The van der Waals surface area contributed by atoms with Gasteiger partial charge in [0.2, 0.25) is 5.91 Å². The van der Waals surface area contributed by atoms with Crippen molar-refractivity contribution in [3.05, 3.63) is 0 Å². The number of rotatable bonds is 1. The van der Waals surface area contributed by atoms with Crippen LogP contribution in [0.5, 0.6) is 0 Å². The van der Waals surface area contributed by atoms with E-state index in [1.165, 1.54) is 0 Å². The first-order valence-electron chi connectivity index (χ1n) is 4.82. The molecule has 0 aromatic heterocycles. The molecule has 2 bridgehead atoms. The van der Waals surface area contributed by atoms with E-state index in [0.717, 1.165) is 25.7 Å². The van der Waals surface area contributed by atoms with Crippen molar-refractivity contribution in [1.82, 2.24) is 4.90 Å². The molecule has 0 spiro atoms. The fourth-order valence-electron chi connectivity index (χ4n) is 2.64. The molecule has 2 saturated heterocycles. The monoisotopic (exact) mass is 201 g/mol. The minimum Gasteiger partial charge on any atom is -0.393 e. The molecule has 2 unspecified atom stereocenters. The lowest BCUT2D eigenvalue weighted by atomic mass is 10.00. The molecular weight excluding hydrogens is 186 g/mol. The number of fused-ring (bicyclic) bond motifs is 2. The average Bonchev–Trinajstić information content (AvgIpc) is 2.37. The van der Waals surface area contributed by atoms with Crippen molar-refractivity contribution < 1.29 is 9.90 Å². The maximum absolute atomic E-state index is 11.5. The summed E-state index contributed by atoms with van der Waals surface area (Å²) in [6, 6.07) is 0.571. The van der Waals surface area contributed by atoms with Gasteiger partial charge in [0.05, 0.1) is 11.9 Å². The molecule has 2 aliphatic rings. The van der Waals surface area contributed by atoms with E-state index in [0.29, 0.717) is 5.75 Å². The minimum atomic E-state index is -0.193. The van der Waals surface area contributed by atoms with Crippen LogP contribution in [-0.4, -0.2) is 39.9 Å². The van der Waals surface area contributed by atoms with E-state index in [-0.39, 0.29) is 24.1 Å². The molecule has 0 aromatic rings. The quantitative estimate of drug-likeness (QED) is 0.604. The highest BCUT2D eigenvalue weighted by Crippen LogP contribution is 2.35. The lowest BCUT2D eigenvalue weighted by molar-refractivity contribution is -0.134. The van der Waals surface area contributed by atoms with E-state index in [1.807, 2.05) is 4.90 Å². The van der Waals surface area contributed by atoms with E-state index >= 15 is 0 Å². The molecule has 1 N–H and O–H groups in total. The normalized spacial score (nSPS) is 38.0. The van der Waals surface area contributed by atoms with Crippen LogP contribution in [0.25, 0.3) is 0 Å². The molecule has 13 heavy (non-hydrogen) atoms. The number of hydrogen-bond donors (Lipinski definition) is 2. The van der Waals surface area contributed by atoms with Crippen molar-refractivity contribution in [2.24, 2.45) is 0 Å². The Kier molecular flexibility index (Phi) is 2.51. The van der Waals surface area contributed by atoms with Crippen LogP contribution in [0.3, 0.4) is 0 Å². The van der Waals surface area contributed by atoms with Crippen molar-refractivity contribution in [2.75, 3.05) is 5.75 Å². The molecule has 4 heteroatoms. The summed E-state index contributed by atoms with van der Waals surface area (Å²) in [7, 11) is 0. The van der Waals surface area contributed by atoms with E-state index in [4.69, 9.17) is 0 Å². The number of carbonyl (C=O) groups is 1. The Labute approximate surface area is 83.5 Å². The van der Waals surface area contributed by atoms with E-state index < -0.39 is 0 Å². The second kappa shape index (κ2) is 3.50. The largest absolute Gasteiger partial charge is 0.393 e. The van der Waals surface area contributed by atoms with Gasteiger partial charge in [0, 0.05) is 12.1 Å². The van der Waals surface area contributed by atoms with Crippen LogP contribution in [-0.2, 0) is 4.79 Å². The topological polar surface area (TPSA) is 40.5 Å². The molecule has 2 heterocycles. The molecule has 0 aliphatic carbocycles. The van der Waals surface area contributed by atoms with Gasteiger partial charge in [-0.3, -0.25) is 4.79 Å². The number of aliphatic hydroxyl groups excluding tert-OH is 1. The fraction of sp³-hybridized carbons (Fsp3) is 0.889. The zero-order chi connectivity index (χ0) is 9.42. The maximum atomic E-state index is 11.5. The Morgan fingerprint density at radius 3 is 2.38 bits per heavy atom. The smallest absolute Gasteiger partial charge is 0.232 e. The first-order chi connectivity index (χ1) is 6.22. The Morgan fingerprint density at radius 2 is 1.92 bits per heavy atom. The van der Waals surface area contributed by atoms with Crippen LogP contribution in [0, 0.1) is 0 Å². The molecule has 3 nitrogen and oxygen atoms in total. The van der Waals surface area contributed by atoms with Crippen molar-refractivity contribution in [3.63, 3.8) is 0 Å². The second-order valence-corrected chi connectivity index (χ2v) is 4.29. The number of thiol groups is 1. The van der Waals surface area contributed by atoms with Crippen molar-refractivity contribution in [2.45, 2.75) is 43.9 Å². The van der Waals surface area contributed by atoms with Gasteiger partial charge in [-0.05, 0) is 25.7 Å². The summed E-state index contributed by atoms with van der Waals surface area (Å²) < 4.78 is 0. The predicted octanol–water partition coefficient (Wildman–Crippen LogP) is 0.430. The van der Waals surface area contributed by atoms with Crippen molar-refractivity contribution >= 4 is 18.5 Å². The molecule has 2 rings (SSSR count). The first kappa shape index (κ1) is 9.34. The molecule has 0 radical (unpaired) electrons. The number of amides is 1. The molecule has 74 valence electrons. The highest BCUT2D eigenvalue weighted by molar-refractivity contribution is 7.81. The Bertz CT molecular complexity index is 208. The van der Waals surface area contributed by atoms with Crippen molar-refractivity contribution in [3.8, 4) is 0 Å². The first-order valence-corrected chi connectivity index (χ1v) is 5.45. The average molecular weight is 201 g/mol. The van der Waals surface area contributed by atoms with Crippen LogP contribution < -0.4 is 0 Å². The summed E-state index contributed by atoms with van der Waals surface area (Å²) in [5.41, 5.74) is 0. The van der Waals surface area contributed by atoms with Gasteiger partial charge in [-0.2, -0.15) is 12.6 Å². The number of hydrogen-bond acceptors (Lipinski definition) is 3. The highest BCUT2D eigenvalue weighted by Gasteiger charge is 2.41. The van der Waals surface area contributed by atoms with Crippen LogP contribution in [0.1, 0.15) is 25.7 Å². The van der Waals surface area contributed by atoms with Gasteiger partial charge in [-0.15, -0.1) is 0 Å². The molecule has 1 amide bonds. The Balaban J connectivity index is 2.10. The summed E-state index contributed by atoms with van der Waals surface area (Å²) in [5.74, 6) is 0.422. The summed E-state index contributed by atoms with van der Waals surface area (Å²) in [6.45, 7) is 0. The van der Waals surface area contributed by atoms with Crippen molar-refractivity contribution in [1.29, 1.82) is 0 Å². The lowest BCUT2D eigenvalue weighted by Gasteiger charge is -2.36. The Morgan fingerprint density at radius 1 is 1.38 bits per heavy atom. The third kappa shape index (κ3) is 1.57. The third-order valence-electron chi connectivity index (χ3n) is 3.13. The Hall–Kier alpha value is -0.220.